The summed E-state index contributed by atoms with van der Waals surface area (Å²) in [5, 5.41) is 15.8. The highest BCUT2D eigenvalue weighted by molar-refractivity contribution is 7.90. The number of hydrogen-bond acceptors (Lipinski definition) is 6. The standard InChI is InChI=1S/C18H18N4O4S/c1-20(12-14-11-19-21(13-14)15-7-4-3-5-8-15)16-9-6-10-17(27(2,25)26)18(16)22(23)24/h3-11,13H,12H2,1-2H3. The molecule has 0 aliphatic heterocycles. The van der Waals surface area contributed by atoms with Crippen LogP contribution in [0.25, 0.3) is 5.69 Å². The fraction of sp³-hybridized carbons (Fsp3) is 0.167. The zero-order valence-electron chi connectivity index (χ0n) is 14.8. The van der Waals surface area contributed by atoms with Crippen LogP contribution in [0.2, 0.25) is 0 Å². The molecule has 0 saturated carbocycles. The van der Waals surface area contributed by atoms with Gasteiger partial charge in [-0.05, 0) is 24.3 Å². The van der Waals surface area contributed by atoms with Gasteiger partial charge in [-0.25, -0.2) is 13.1 Å². The van der Waals surface area contributed by atoms with Gasteiger partial charge < -0.3 is 4.90 Å². The van der Waals surface area contributed by atoms with Gasteiger partial charge in [0.15, 0.2) is 9.84 Å². The Kier molecular flexibility index (Phi) is 4.95. The van der Waals surface area contributed by atoms with Gasteiger partial charge in [0.25, 0.3) is 0 Å². The Morgan fingerprint density at radius 1 is 1.15 bits per heavy atom. The Morgan fingerprint density at radius 2 is 1.85 bits per heavy atom. The Hall–Kier alpha value is -3.20. The molecule has 2 aromatic carbocycles. The van der Waals surface area contributed by atoms with Crippen molar-refractivity contribution >= 4 is 21.2 Å². The minimum absolute atomic E-state index is 0.232. The number of para-hydroxylation sites is 2. The summed E-state index contributed by atoms with van der Waals surface area (Å²) in [4.78, 5) is 12.2. The highest BCUT2D eigenvalue weighted by Crippen LogP contribution is 2.34. The van der Waals surface area contributed by atoms with Gasteiger partial charge in [-0.15, -0.1) is 0 Å². The Balaban J connectivity index is 1.92. The summed E-state index contributed by atoms with van der Waals surface area (Å²) in [6.45, 7) is 0.334. The second kappa shape index (κ2) is 7.20. The second-order valence-corrected chi connectivity index (χ2v) is 8.12. The number of nitrogens with zero attached hydrogens (tertiary/aromatic N) is 4. The normalized spacial score (nSPS) is 11.3. The molecule has 3 rings (SSSR count). The lowest BCUT2D eigenvalue weighted by molar-refractivity contribution is -0.387. The van der Waals surface area contributed by atoms with Gasteiger partial charge in [-0.2, -0.15) is 5.10 Å². The van der Waals surface area contributed by atoms with Gasteiger partial charge in [0.2, 0.25) is 0 Å². The molecule has 0 saturated heterocycles. The zero-order chi connectivity index (χ0) is 19.6. The lowest BCUT2D eigenvalue weighted by atomic mass is 10.2. The van der Waals surface area contributed by atoms with Crippen molar-refractivity contribution in [2.75, 3.05) is 18.2 Å². The predicted octanol–water partition coefficient (Wildman–Crippen LogP) is 2.82. The van der Waals surface area contributed by atoms with E-state index in [1.807, 2.05) is 36.5 Å². The third-order valence-electron chi connectivity index (χ3n) is 4.05. The van der Waals surface area contributed by atoms with Crippen molar-refractivity contribution in [1.29, 1.82) is 0 Å². The molecule has 0 bridgehead atoms. The minimum atomic E-state index is -3.72. The average Bonchev–Trinajstić information content (AvgIpc) is 3.09. The number of sulfone groups is 1. The van der Waals surface area contributed by atoms with Gasteiger partial charge in [-0.1, -0.05) is 24.3 Å². The molecule has 8 nitrogen and oxygen atoms in total. The Bertz CT molecular complexity index is 1080. The third-order valence-corrected chi connectivity index (χ3v) is 5.18. The smallest absolute Gasteiger partial charge is 0.311 e. The number of nitro groups is 1. The number of nitro benzene ring substituents is 1. The summed E-state index contributed by atoms with van der Waals surface area (Å²) in [6.07, 6.45) is 4.47. The fourth-order valence-corrected chi connectivity index (χ4v) is 3.68. The summed E-state index contributed by atoms with van der Waals surface area (Å²) < 4.78 is 25.5. The molecule has 27 heavy (non-hydrogen) atoms. The molecule has 0 atom stereocenters. The van der Waals surface area contributed by atoms with E-state index in [4.69, 9.17) is 0 Å². The Morgan fingerprint density at radius 3 is 2.48 bits per heavy atom. The molecule has 0 unspecified atom stereocenters. The highest BCUT2D eigenvalue weighted by atomic mass is 32.2. The molecule has 0 spiro atoms. The number of anilines is 1. The summed E-state index contributed by atoms with van der Waals surface area (Å²) >= 11 is 0. The van der Waals surface area contributed by atoms with Crippen LogP contribution in [-0.2, 0) is 16.4 Å². The SMILES string of the molecule is CN(Cc1cnn(-c2ccccc2)c1)c1cccc(S(C)(=O)=O)c1[N+](=O)[O-]. The lowest BCUT2D eigenvalue weighted by Crippen LogP contribution is -2.18. The van der Waals surface area contributed by atoms with E-state index in [2.05, 4.69) is 5.10 Å². The largest absolute Gasteiger partial charge is 0.365 e. The summed E-state index contributed by atoms with van der Waals surface area (Å²) in [6, 6.07) is 13.8. The Labute approximate surface area is 156 Å². The first-order valence-electron chi connectivity index (χ1n) is 8.05. The molecule has 0 aliphatic rings. The lowest BCUT2D eigenvalue weighted by Gasteiger charge is -2.19. The van der Waals surface area contributed by atoms with E-state index < -0.39 is 20.4 Å². The quantitative estimate of drug-likeness (QED) is 0.477. The average molecular weight is 386 g/mol. The molecule has 0 aliphatic carbocycles. The summed E-state index contributed by atoms with van der Waals surface area (Å²) in [5.74, 6) is 0. The van der Waals surface area contributed by atoms with E-state index in [1.54, 1.807) is 22.8 Å². The van der Waals surface area contributed by atoms with Gasteiger partial charge in [0.1, 0.15) is 10.6 Å². The van der Waals surface area contributed by atoms with Crippen molar-refractivity contribution < 1.29 is 13.3 Å². The molecule has 0 N–H and O–H groups in total. The summed E-state index contributed by atoms with van der Waals surface area (Å²) in [5.41, 5.74) is 1.55. The van der Waals surface area contributed by atoms with Crippen LogP contribution >= 0.6 is 0 Å². The van der Waals surface area contributed by atoms with Crippen molar-refractivity contribution in [2.24, 2.45) is 0 Å². The van der Waals surface area contributed by atoms with Gasteiger partial charge in [-0.3, -0.25) is 10.1 Å². The molecular formula is C18H18N4O4S. The molecule has 140 valence electrons. The molecule has 0 radical (unpaired) electrons. The van der Waals surface area contributed by atoms with Gasteiger partial charge in [0.05, 0.1) is 16.8 Å². The van der Waals surface area contributed by atoms with Crippen LogP contribution in [0.15, 0.2) is 65.8 Å². The first-order valence-corrected chi connectivity index (χ1v) is 9.94. The van der Waals surface area contributed by atoms with Crippen molar-refractivity contribution in [3.8, 4) is 5.69 Å². The van der Waals surface area contributed by atoms with Crippen LogP contribution in [0.4, 0.5) is 11.4 Å². The van der Waals surface area contributed by atoms with Crippen molar-refractivity contribution in [3.05, 3.63) is 76.6 Å². The predicted molar refractivity (Wildman–Crippen MR) is 102 cm³/mol. The van der Waals surface area contributed by atoms with E-state index in [9.17, 15) is 18.5 Å². The van der Waals surface area contributed by atoms with E-state index in [-0.39, 0.29) is 10.6 Å². The zero-order valence-corrected chi connectivity index (χ0v) is 15.6. The van der Waals surface area contributed by atoms with Crippen LogP contribution < -0.4 is 4.90 Å². The first-order chi connectivity index (χ1) is 12.8. The maximum atomic E-state index is 11.9. The molecule has 1 aromatic heterocycles. The summed E-state index contributed by atoms with van der Waals surface area (Å²) in [7, 11) is -2.05. The molecule has 1 heterocycles. The van der Waals surface area contributed by atoms with Crippen molar-refractivity contribution in [2.45, 2.75) is 11.4 Å². The van der Waals surface area contributed by atoms with Crippen LogP contribution in [0.3, 0.4) is 0 Å². The van der Waals surface area contributed by atoms with Crippen LogP contribution in [0, 0.1) is 10.1 Å². The maximum Gasteiger partial charge on any atom is 0.311 e. The van der Waals surface area contributed by atoms with Gasteiger partial charge >= 0.3 is 5.69 Å². The fourth-order valence-electron chi connectivity index (χ4n) is 2.82. The van der Waals surface area contributed by atoms with Gasteiger partial charge in [0, 0.05) is 31.6 Å². The van der Waals surface area contributed by atoms with Crippen LogP contribution in [-0.4, -0.2) is 36.4 Å². The second-order valence-electron chi connectivity index (χ2n) is 6.14. The molecule has 3 aromatic rings. The number of benzene rings is 2. The molecular weight excluding hydrogens is 368 g/mol. The van der Waals surface area contributed by atoms with Crippen LogP contribution in [0.5, 0.6) is 0 Å². The molecule has 0 amide bonds. The maximum absolute atomic E-state index is 11.9. The number of aromatic nitrogens is 2. The van der Waals surface area contributed by atoms with E-state index in [0.717, 1.165) is 17.5 Å². The van der Waals surface area contributed by atoms with Crippen LogP contribution in [0.1, 0.15) is 5.56 Å². The monoisotopic (exact) mass is 386 g/mol. The highest BCUT2D eigenvalue weighted by Gasteiger charge is 2.27. The van der Waals surface area contributed by atoms with Crippen molar-refractivity contribution in [3.63, 3.8) is 0 Å². The van der Waals surface area contributed by atoms with E-state index in [0.29, 0.717) is 6.54 Å². The minimum Gasteiger partial charge on any atom is -0.365 e. The molecule has 9 heteroatoms. The van der Waals surface area contributed by atoms with E-state index in [1.165, 1.54) is 18.2 Å². The molecule has 0 fully saturated rings. The third kappa shape index (κ3) is 3.98. The van der Waals surface area contributed by atoms with E-state index >= 15 is 0 Å². The van der Waals surface area contributed by atoms with Crippen molar-refractivity contribution in [1.82, 2.24) is 9.78 Å². The first kappa shape index (κ1) is 18.6. The number of rotatable bonds is 6. The number of hydrogen-bond donors (Lipinski definition) is 0. The topological polar surface area (TPSA) is 98.3 Å².